The van der Waals surface area contributed by atoms with Crippen LogP contribution in [-0.4, -0.2) is 40.5 Å². The molecule has 184 valence electrons. The van der Waals surface area contributed by atoms with Gasteiger partial charge in [-0.3, -0.25) is 4.79 Å². The van der Waals surface area contributed by atoms with Crippen LogP contribution in [0, 0.1) is 0 Å². The number of hydrogen-bond acceptors (Lipinski definition) is 6. The molecule has 0 aromatic heterocycles. The van der Waals surface area contributed by atoms with Crippen molar-refractivity contribution in [2.45, 2.75) is 91.6 Å². The van der Waals surface area contributed by atoms with Gasteiger partial charge < -0.3 is 14.4 Å². The van der Waals surface area contributed by atoms with Crippen molar-refractivity contribution in [2.24, 2.45) is 0 Å². The number of hydrogen-bond donors (Lipinski definition) is 1. The molecular weight excluding hydrogens is 428 g/mol. The highest BCUT2D eigenvalue weighted by atomic mass is 32.2. The molecule has 0 aliphatic carbocycles. The van der Waals surface area contributed by atoms with Crippen molar-refractivity contribution >= 4 is 26.9 Å². The lowest BCUT2D eigenvalue weighted by molar-refractivity contribution is -0.149. The Labute approximate surface area is 194 Å². The van der Waals surface area contributed by atoms with E-state index in [0.29, 0.717) is 6.42 Å². The smallest absolute Gasteiger partial charge is 0.306 e. The Balaban J connectivity index is 0. The molecule has 1 N–H and O–H groups in total. The van der Waals surface area contributed by atoms with Gasteiger partial charge in [0, 0.05) is 6.42 Å². The summed E-state index contributed by atoms with van der Waals surface area (Å²) in [5, 5.41) is 11.1. The number of carbonyl (C=O) groups excluding carboxylic acids is 1. The summed E-state index contributed by atoms with van der Waals surface area (Å²) in [7, 11) is -4.49. The normalized spacial score (nSPS) is 12.1. The van der Waals surface area contributed by atoms with Crippen LogP contribution in [0.2, 0.25) is 0 Å². The minimum Gasteiger partial charge on any atom is -0.747 e. The molecule has 1 unspecified atom stereocenters. The summed E-state index contributed by atoms with van der Waals surface area (Å²) in [5.41, 5.74) is -0.500. The SMILES string of the molecule is CC.CC(C)(C)O.CCCC(=O)OC(C)C(C)(C)S(=O)(=O)[O-].c1ccc2ccccc2c1. The first kappa shape index (κ1) is 32.2. The minimum atomic E-state index is -4.49. The second kappa shape index (κ2) is 15.0. The molecule has 0 radical (unpaired) electrons. The monoisotopic (exact) mass is 469 g/mol. The fourth-order valence-corrected chi connectivity index (χ4v) is 2.39. The lowest BCUT2D eigenvalue weighted by Crippen LogP contribution is -2.44. The molecule has 2 aromatic rings. The standard InChI is InChI=1S/C10H8.C9H18O5S.C4H10O.C2H6/c1-2-6-10-8-4-3-7-9(10)5-1;1-5-6-8(10)14-7(2)9(3,4)15(11,12)13;1-4(2,3)5;1-2/h1-8H;7H,5-6H2,1-4H3,(H,11,12,13);5H,1-3H3;1-2H3/p-1. The topological polar surface area (TPSA) is 104 Å². The van der Waals surface area contributed by atoms with E-state index in [0.717, 1.165) is 0 Å². The van der Waals surface area contributed by atoms with E-state index in [1.807, 2.05) is 13.8 Å². The van der Waals surface area contributed by atoms with Crippen molar-refractivity contribution in [2.75, 3.05) is 0 Å². The second-order valence-corrected chi connectivity index (χ2v) is 10.4. The van der Waals surface area contributed by atoms with E-state index < -0.39 is 32.5 Å². The van der Waals surface area contributed by atoms with E-state index in [-0.39, 0.29) is 6.42 Å². The number of rotatable bonds is 5. The molecule has 0 fully saturated rings. The Morgan fingerprint density at radius 1 is 0.969 bits per heavy atom. The average molecular weight is 470 g/mol. The number of esters is 1. The first-order chi connectivity index (χ1) is 14.6. The molecule has 32 heavy (non-hydrogen) atoms. The third kappa shape index (κ3) is 14.2. The summed E-state index contributed by atoms with van der Waals surface area (Å²) in [6.07, 6.45) is -0.103. The van der Waals surface area contributed by atoms with Crippen LogP contribution >= 0.6 is 0 Å². The van der Waals surface area contributed by atoms with E-state index in [2.05, 4.69) is 48.5 Å². The van der Waals surface area contributed by atoms with Crippen molar-refractivity contribution in [3.05, 3.63) is 48.5 Å². The van der Waals surface area contributed by atoms with E-state index in [1.165, 1.54) is 31.5 Å². The summed E-state index contributed by atoms with van der Waals surface area (Å²) in [6, 6.07) is 16.7. The Bertz CT molecular complexity index is 811. The van der Waals surface area contributed by atoms with Gasteiger partial charge in [0.15, 0.2) is 0 Å². The molecule has 6 nitrogen and oxygen atoms in total. The van der Waals surface area contributed by atoms with Crippen LogP contribution in [0.1, 0.15) is 75.2 Å². The predicted octanol–water partition coefficient (Wildman–Crippen LogP) is 5.69. The first-order valence-electron chi connectivity index (χ1n) is 10.9. The van der Waals surface area contributed by atoms with Crippen molar-refractivity contribution in [3.8, 4) is 0 Å². The molecule has 0 saturated carbocycles. The third-order valence-corrected chi connectivity index (χ3v) is 5.66. The molecule has 0 heterocycles. The maximum Gasteiger partial charge on any atom is 0.306 e. The number of aliphatic hydroxyl groups is 1. The molecule has 2 rings (SSSR count). The Morgan fingerprint density at radius 2 is 1.28 bits per heavy atom. The van der Waals surface area contributed by atoms with Crippen molar-refractivity contribution in [1.82, 2.24) is 0 Å². The van der Waals surface area contributed by atoms with Crippen LogP contribution < -0.4 is 0 Å². The zero-order valence-electron chi connectivity index (χ0n) is 21.0. The molecule has 0 amide bonds. The van der Waals surface area contributed by atoms with Gasteiger partial charge in [-0.05, 0) is 58.7 Å². The van der Waals surface area contributed by atoms with Gasteiger partial charge in [0.05, 0.1) is 10.3 Å². The molecular formula is C25H41O6S-. The van der Waals surface area contributed by atoms with Gasteiger partial charge in [-0.2, -0.15) is 0 Å². The lowest BCUT2D eigenvalue weighted by Gasteiger charge is -2.33. The van der Waals surface area contributed by atoms with E-state index in [1.54, 1.807) is 27.7 Å². The number of ether oxygens (including phenoxy) is 1. The molecule has 0 aliphatic rings. The third-order valence-electron chi connectivity index (χ3n) is 4.04. The molecule has 2 aromatic carbocycles. The summed E-state index contributed by atoms with van der Waals surface area (Å²) in [6.45, 7) is 14.9. The average Bonchev–Trinajstić information content (AvgIpc) is 2.68. The van der Waals surface area contributed by atoms with Gasteiger partial charge in [-0.15, -0.1) is 0 Å². The highest BCUT2D eigenvalue weighted by Gasteiger charge is 2.35. The number of fused-ring (bicyclic) bond motifs is 1. The number of benzene rings is 2. The summed E-state index contributed by atoms with van der Waals surface area (Å²) in [5.74, 6) is -0.485. The van der Waals surface area contributed by atoms with Crippen LogP contribution in [0.15, 0.2) is 48.5 Å². The van der Waals surface area contributed by atoms with Crippen LogP contribution in [0.25, 0.3) is 10.8 Å². The van der Waals surface area contributed by atoms with Gasteiger partial charge in [0.2, 0.25) is 0 Å². The quantitative estimate of drug-likeness (QED) is 0.446. The van der Waals surface area contributed by atoms with Gasteiger partial charge in [-0.1, -0.05) is 69.3 Å². The second-order valence-electron chi connectivity index (χ2n) is 8.46. The number of carbonyl (C=O) groups is 1. The maximum atomic E-state index is 11.1. The molecule has 0 spiro atoms. The fraction of sp³-hybridized carbons (Fsp3) is 0.560. The van der Waals surface area contributed by atoms with Crippen LogP contribution in [0.5, 0.6) is 0 Å². The van der Waals surface area contributed by atoms with Gasteiger partial charge in [0.25, 0.3) is 0 Å². The van der Waals surface area contributed by atoms with E-state index in [9.17, 15) is 17.8 Å². The van der Waals surface area contributed by atoms with Crippen molar-refractivity contribution < 1.29 is 27.6 Å². The minimum absolute atomic E-state index is 0.222. The predicted molar refractivity (Wildman–Crippen MR) is 132 cm³/mol. The Hall–Kier alpha value is -1.96. The fourth-order valence-electron chi connectivity index (χ4n) is 1.94. The molecule has 0 saturated heterocycles. The van der Waals surface area contributed by atoms with Crippen LogP contribution in [0.4, 0.5) is 0 Å². The highest BCUT2D eigenvalue weighted by molar-refractivity contribution is 7.87. The maximum absolute atomic E-state index is 11.1. The van der Waals surface area contributed by atoms with Crippen LogP contribution in [-0.2, 0) is 19.6 Å². The Morgan fingerprint density at radius 3 is 1.53 bits per heavy atom. The lowest BCUT2D eigenvalue weighted by atomic mass is 10.1. The summed E-state index contributed by atoms with van der Waals surface area (Å²) < 4.78 is 35.9. The highest BCUT2D eigenvalue weighted by Crippen LogP contribution is 2.22. The molecule has 0 aliphatic heterocycles. The van der Waals surface area contributed by atoms with Gasteiger partial charge in [0.1, 0.15) is 16.2 Å². The molecule has 0 bridgehead atoms. The van der Waals surface area contributed by atoms with Gasteiger partial charge in [-0.25, -0.2) is 8.42 Å². The summed E-state index contributed by atoms with van der Waals surface area (Å²) in [4.78, 5) is 11.1. The zero-order chi connectivity index (χ0) is 25.6. The summed E-state index contributed by atoms with van der Waals surface area (Å²) >= 11 is 0. The molecule has 1 atom stereocenters. The molecule has 7 heteroatoms. The van der Waals surface area contributed by atoms with Crippen molar-refractivity contribution in [1.29, 1.82) is 0 Å². The Kier molecular flexibility index (Phi) is 15.1. The van der Waals surface area contributed by atoms with E-state index >= 15 is 0 Å². The largest absolute Gasteiger partial charge is 0.747 e. The van der Waals surface area contributed by atoms with Crippen LogP contribution in [0.3, 0.4) is 0 Å². The first-order valence-corrected chi connectivity index (χ1v) is 12.3. The van der Waals surface area contributed by atoms with Gasteiger partial charge >= 0.3 is 5.97 Å². The zero-order valence-corrected chi connectivity index (χ0v) is 21.8. The van der Waals surface area contributed by atoms with E-state index in [4.69, 9.17) is 9.84 Å². The van der Waals surface area contributed by atoms with Crippen molar-refractivity contribution in [3.63, 3.8) is 0 Å².